The molecule has 2 aliphatic heterocycles. The summed E-state index contributed by atoms with van der Waals surface area (Å²) in [5.74, 6) is -6.15. The number of fused-ring (bicyclic) bond motifs is 5. The van der Waals surface area contributed by atoms with E-state index in [2.05, 4.69) is 0 Å². The Morgan fingerprint density at radius 2 is 1.49 bits per heavy atom. The fourth-order valence-electron chi connectivity index (χ4n) is 5.72. The Hall–Kier alpha value is -3.46. The normalized spacial score (nSPS) is 21.2. The van der Waals surface area contributed by atoms with Gasteiger partial charge in [-0.2, -0.15) is 0 Å². The van der Waals surface area contributed by atoms with Gasteiger partial charge in [0.2, 0.25) is 5.36 Å². The van der Waals surface area contributed by atoms with Crippen molar-refractivity contribution in [3.63, 3.8) is 0 Å². The van der Waals surface area contributed by atoms with E-state index in [0.29, 0.717) is 27.4 Å². The number of furan rings is 2. The Morgan fingerprint density at radius 3 is 2.12 bits per heavy atom. The summed E-state index contributed by atoms with van der Waals surface area (Å²) in [4.78, 5) is 1.05. The molecule has 0 N–H and O–H groups in total. The lowest BCUT2D eigenvalue weighted by Gasteiger charge is -2.33. The fraction of sp³-hybridized carbons (Fsp3) is 0.0741. The third-order valence-corrected chi connectivity index (χ3v) is 9.99. The molecule has 8 rings (SSSR count). The zero-order valence-electron chi connectivity index (χ0n) is 20.8. The number of thiophene rings is 2. The van der Waals surface area contributed by atoms with E-state index < -0.39 is 59.3 Å². The van der Waals surface area contributed by atoms with Gasteiger partial charge in [-0.15, -0.1) is 22.7 Å². The van der Waals surface area contributed by atoms with Crippen LogP contribution in [-0.4, -0.2) is 23.8 Å². The molecule has 0 saturated carbocycles. The Balaban J connectivity index is 1.46. The van der Waals surface area contributed by atoms with E-state index in [1.54, 1.807) is 24.3 Å². The number of hydrogen-bond acceptors (Lipinski definition) is 4. The lowest BCUT2D eigenvalue weighted by atomic mass is 9.82. The van der Waals surface area contributed by atoms with E-state index in [9.17, 15) is 13.2 Å². The van der Waals surface area contributed by atoms with Crippen molar-refractivity contribution < 1.29 is 39.4 Å². The van der Waals surface area contributed by atoms with E-state index in [1.165, 1.54) is 12.1 Å². The van der Waals surface area contributed by atoms with Gasteiger partial charge in [0.15, 0.2) is 46.7 Å². The molecule has 0 fully saturated rings. The molecule has 43 heavy (non-hydrogen) atoms. The van der Waals surface area contributed by atoms with Crippen LogP contribution in [0, 0.1) is 0 Å². The second-order valence-electron chi connectivity index (χ2n) is 9.88. The maximum Gasteiger partial charge on any atom is 0.738 e. The van der Waals surface area contributed by atoms with Crippen molar-refractivity contribution >= 4 is 75.6 Å². The minimum atomic E-state index is -4.84. The SMILES string of the molecule is FC1=C(F)C(F)C(F)C(C2=C3C=c4oc(-c5ccc(Cl)s5)cc4=[N+]3[B-](F)(F)n3c2cc2oc(-c4ccc(Cl)s4)cc23)=C1F. The van der Waals surface area contributed by atoms with Crippen LogP contribution >= 0.6 is 45.9 Å². The van der Waals surface area contributed by atoms with E-state index in [1.807, 2.05) is 0 Å². The molecule has 3 aliphatic rings. The Morgan fingerprint density at radius 1 is 0.837 bits per heavy atom. The van der Waals surface area contributed by atoms with Crippen LogP contribution in [0.3, 0.4) is 0 Å². The summed E-state index contributed by atoms with van der Waals surface area (Å²) >= 11 is 14.3. The number of alkyl halides is 2. The zero-order chi connectivity index (χ0) is 30.1. The second-order valence-corrected chi connectivity index (χ2v) is 13.3. The Kier molecular flexibility index (Phi) is 5.70. The number of allylic oxidation sites excluding steroid dienone is 6. The predicted octanol–water partition coefficient (Wildman–Crippen LogP) is 8.59. The summed E-state index contributed by atoms with van der Waals surface area (Å²) in [6.45, 7) is -4.84. The van der Waals surface area contributed by atoms with Crippen molar-refractivity contribution in [3.05, 3.63) is 96.4 Å². The van der Waals surface area contributed by atoms with Crippen molar-refractivity contribution in [3.8, 4) is 21.3 Å². The van der Waals surface area contributed by atoms with Gasteiger partial charge in [-0.3, -0.25) is 0 Å². The van der Waals surface area contributed by atoms with Gasteiger partial charge in [0.1, 0.15) is 11.3 Å². The van der Waals surface area contributed by atoms with Crippen LogP contribution < -0.4 is 15.3 Å². The van der Waals surface area contributed by atoms with Gasteiger partial charge in [0.05, 0.1) is 41.7 Å². The van der Waals surface area contributed by atoms with Gasteiger partial charge < -0.3 is 26.4 Å². The molecule has 5 aromatic heterocycles. The quantitative estimate of drug-likeness (QED) is 0.142. The van der Waals surface area contributed by atoms with Crippen LogP contribution in [-0.2, 0) is 0 Å². The van der Waals surface area contributed by atoms with E-state index in [0.717, 1.165) is 34.8 Å². The Bertz CT molecular complexity index is 2290. The number of halogens is 9. The van der Waals surface area contributed by atoms with Crippen LogP contribution in [0.15, 0.2) is 80.0 Å². The fourth-order valence-corrected chi connectivity index (χ4v) is 7.71. The molecule has 0 saturated heterocycles. The largest absolute Gasteiger partial charge is 0.738 e. The molecule has 0 bridgehead atoms. The van der Waals surface area contributed by atoms with Crippen LogP contribution in [0.2, 0.25) is 8.67 Å². The van der Waals surface area contributed by atoms with Gasteiger partial charge in [0.25, 0.3) is 0 Å². The lowest BCUT2D eigenvalue weighted by molar-refractivity contribution is 0.186. The Labute approximate surface area is 253 Å². The average molecular weight is 673 g/mol. The van der Waals surface area contributed by atoms with E-state index in [4.69, 9.17) is 32.0 Å². The molecule has 5 aromatic rings. The van der Waals surface area contributed by atoms with Crippen molar-refractivity contribution in [2.75, 3.05) is 0 Å². The van der Waals surface area contributed by atoms with Crippen LogP contribution in [0.25, 0.3) is 44.0 Å². The molecule has 218 valence electrons. The number of hydrogen-bond donors (Lipinski definition) is 0. The highest BCUT2D eigenvalue weighted by molar-refractivity contribution is 7.19. The van der Waals surface area contributed by atoms with Gasteiger partial charge >= 0.3 is 6.97 Å². The van der Waals surface area contributed by atoms with Gasteiger partial charge in [-0.05, 0) is 24.3 Å². The van der Waals surface area contributed by atoms with Crippen LogP contribution in [0.4, 0.5) is 30.6 Å². The highest BCUT2D eigenvalue weighted by Gasteiger charge is 2.56. The number of rotatable bonds is 3. The van der Waals surface area contributed by atoms with Crippen molar-refractivity contribution in [1.82, 2.24) is 8.96 Å². The summed E-state index contributed by atoms with van der Waals surface area (Å²) in [6.07, 6.45) is -5.15. The maximum absolute atomic E-state index is 16.7. The van der Waals surface area contributed by atoms with Gasteiger partial charge in [-0.1, -0.05) is 23.2 Å². The van der Waals surface area contributed by atoms with Crippen LogP contribution in [0.1, 0.15) is 5.69 Å². The van der Waals surface area contributed by atoms with Gasteiger partial charge in [-0.25, -0.2) is 22.0 Å². The molecule has 2 atom stereocenters. The van der Waals surface area contributed by atoms with Crippen molar-refractivity contribution in [2.45, 2.75) is 12.3 Å². The van der Waals surface area contributed by atoms with E-state index >= 15 is 17.4 Å². The lowest BCUT2D eigenvalue weighted by Crippen LogP contribution is -2.56. The molecule has 0 amide bonds. The van der Waals surface area contributed by atoms with Crippen LogP contribution in [0.5, 0.6) is 0 Å². The smallest absolute Gasteiger partial charge is 0.454 e. The predicted molar refractivity (Wildman–Crippen MR) is 152 cm³/mol. The first-order valence-electron chi connectivity index (χ1n) is 12.4. The molecule has 2 unspecified atom stereocenters. The minimum absolute atomic E-state index is 0.0945. The standard InChI is InChI=1S/C27H10BCl2F7N2O2S2/c29-19-3-1-17(42-19)15-5-9-13(40-15)7-11-21(22-23(31)25(33)27(35)26(34)24(22)32)12-8-14-10(39(12)28(36,37)38(9)11)6-16(41-14)18-2-4-20(30)43-18/h1-8,23,25H. The third kappa shape index (κ3) is 3.66. The summed E-state index contributed by atoms with van der Waals surface area (Å²) in [6, 6.07) is 10.2. The molecular formula is C27H10BCl2F7N2O2S2. The molecule has 0 aromatic carbocycles. The molecule has 0 radical (unpaired) electrons. The molecular weight excluding hydrogens is 663 g/mol. The highest BCUT2D eigenvalue weighted by Crippen LogP contribution is 2.49. The third-order valence-electron chi connectivity index (χ3n) is 7.50. The number of aromatic nitrogens is 1. The average Bonchev–Trinajstić information content (AvgIpc) is 3.77. The first kappa shape index (κ1) is 27.1. The first-order chi connectivity index (χ1) is 20.5. The van der Waals surface area contributed by atoms with E-state index in [-0.39, 0.29) is 33.4 Å². The monoisotopic (exact) mass is 672 g/mol. The number of nitrogens with zero attached hydrogens (tertiary/aromatic N) is 2. The summed E-state index contributed by atoms with van der Waals surface area (Å²) in [7, 11) is 0. The second kappa shape index (κ2) is 9.04. The molecule has 4 nitrogen and oxygen atoms in total. The summed E-state index contributed by atoms with van der Waals surface area (Å²) in [5.41, 5.74) is -3.18. The van der Waals surface area contributed by atoms with Crippen molar-refractivity contribution in [2.24, 2.45) is 0 Å². The first-order valence-corrected chi connectivity index (χ1v) is 14.8. The topological polar surface area (TPSA) is 34.2 Å². The summed E-state index contributed by atoms with van der Waals surface area (Å²) in [5, 5.41) is -0.163. The maximum atomic E-state index is 16.7. The molecule has 16 heteroatoms. The molecule has 0 spiro atoms. The minimum Gasteiger partial charge on any atom is -0.454 e. The summed E-state index contributed by atoms with van der Waals surface area (Å²) < 4.78 is 121. The zero-order valence-corrected chi connectivity index (χ0v) is 23.9. The van der Waals surface area contributed by atoms with Crippen molar-refractivity contribution in [1.29, 1.82) is 0 Å². The highest BCUT2D eigenvalue weighted by atomic mass is 35.5. The molecule has 1 aliphatic carbocycles. The molecule has 7 heterocycles. The van der Waals surface area contributed by atoms with Gasteiger partial charge in [0, 0.05) is 23.4 Å².